The molecule has 30 heavy (non-hydrogen) atoms. The zero-order chi connectivity index (χ0) is 21.2. The molecule has 0 aliphatic carbocycles. The van der Waals surface area contributed by atoms with Crippen LogP contribution in [0.2, 0.25) is 0 Å². The average Bonchev–Trinajstić information content (AvgIpc) is 2.78. The van der Waals surface area contributed by atoms with Crippen LogP contribution in [-0.2, 0) is 4.79 Å². The monoisotopic (exact) mass is 404 g/mol. The summed E-state index contributed by atoms with van der Waals surface area (Å²) < 4.78 is 11.2. The smallest absolute Gasteiger partial charge is 0.255 e. The van der Waals surface area contributed by atoms with Gasteiger partial charge in [0, 0.05) is 23.4 Å². The Kier molecular flexibility index (Phi) is 7.44. The van der Waals surface area contributed by atoms with Crippen LogP contribution < -0.4 is 20.1 Å². The van der Waals surface area contributed by atoms with Crippen LogP contribution in [0.5, 0.6) is 11.5 Å². The number of nitrogens with one attached hydrogen (secondary N) is 2. The summed E-state index contributed by atoms with van der Waals surface area (Å²) in [6.45, 7) is 2.61. The number of ether oxygens (including phenoxy) is 2. The van der Waals surface area contributed by atoms with Gasteiger partial charge in [-0.2, -0.15) is 0 Å². The highest BCUT2D eigenvalue weighted by atomic mass is 16.5. The Hall–Kier alpha value is -3.80. The van der Waals surface area contributed by atoms with Crippen molar-refractivity contribution in [1.82, 2.24) is 0 Å². The van der Waals surface area contributed by atoms with Crippen LogP contribution in [0.25, 0.3) is 0 Å². The number of amides is 2. The molecule has 2 amide bonds. The quantitative estimate of drug-likeness (QED) is 0.505. The lowest BCUT2D eigenvalue weighted by Crippen LogP contribution is -2.13. The standard InChI is InChI=1S/C24H24N2O4/c1-2-23(27)25-19-7-6-8-20(17-19)26-24(28)18-11-13-22(14-12-18)30-16-15-29-21-9-4-3-5-10-21/h3-14,17H,2,15-16H2,1H3,(H,25,27)(H,26,28). The molecule has 6 nitrogen and oxygen atoms in total. The molecule has 0 saturated heterocycles. The SMILES string of the molecule is CCC(=O)Nc1cccc(NC(=O)c2ccc(OCCOc3ccccc3)cc2)c1. The van der Waals surface area contributed by atoms with Crippen molar-refractivity contribution in [3.63, 3.8) is 0 Å². The first kappa shape index (κ1) is 20.9. The molecule has 0 aromatic heterocycles. The van der Waals surface area contributed by atoms with Gasteiger partial charge in [-0.15, -0.1) is 0 Å². The lowest BCUT2D eigenvalue weighted by atomic mass is 10.2. The molecular weight excluding hydrogens is 380 g/mol. The summed E-state index contributed by atoms with van der Waals surface area (Å²) in [7, 11) is 0. The van der Waals surface area contributed by atoms with E-state index in [1.807, 2.05) is 30.3 Å². The third-order valence-corrected chi connectivity index (χ3v) is 4.21. The molecule has 0 radical (unpaired) electrons. The highest BCUT2D eigenvalue weighted by molar-refractivity contribution is 6.04. The third kappa shape index (κ3) is 6.38. The van der Waals surface area contributed by atoms with Crippen LogP contribution in [0.15, 0.2) is 78.9 Å². The Bertz CT molecular complexity index is 972. The molecule has 3 rings (SSSR count). The van der Waals surface area contributed by atoms with E-state index in [4.69, 9.17) is 9.47 Å². The normalized spacial score (nSPS) is 10.2. The van der Waals surface area contributed by atoms with E-state index in [1.165, 1.54) is 0 Å². The van der Waals surface area contributed by atoms with Gasteiger partial charge in [0.1, 0.15) is 24.7 Å². The average molecular weight is 404 g/mol. The molecule has 3 aromatic rings. The first-order chi connectivity index (χ1) is 14.6. The van der Waals surface area contributed by atoms with Crippen molar-refractivity contribution in [2.45, 2.75) is 13.3 Å². The summed E-state index contributed by atoms with van der Waals surface area (Å²) in [6.07, 6.45) is 0.392. The van der Waals surface area contributed by atoms with Gasteiger partial charge >= 0.3 is 0 Å². The number of hydrogen-bond donors (Lipinski definition) is 2. The van der Waals surface area contributed by atoms with Gasteiger partial charge in [-0.05, 0) is 54.6 Å². The number of para-hydroxylation sites is 1. The van der Waals surface area contributed by atoms with Crippen molar-refractivity contribution >= 4 is 23.2 Å². The van der Waals surface area contributed by atoms with Crippen molar-refractivity contribution < 1.29 is 19.1 Å². The Morgan fingerprint density at radius 2 is 1.33 bits per heavy atom. The number of carbonyl (C=O) groups is 2. The van der Waals surface area contributed by atoms with Gasteiger partial charge < -0.3 is 20.1 Å². The minimum absolute atomic E-state index is 0.0803. The van der Waals surface area contributed by atoms with Crippen LogP contribution in [0.4, 0.5) is 11.4 Å². The number of hydrogen-bond acceptors (Lipinski definition) is 4. The van der Waals surface area contributed by atoms with Gasteiger partial charge in [-0.25, -0.2) is 0 Å². The second-order valence-corrected chi connectivity index (χ2v) is 6.47. The first-order valence-electron chi connectivity index (χ1n) is 9.76. The molecule has 0 bridgehead atoms. The van der Waals surface area contributed by atoms with Crippen molar-refractivity contribution in [1.29, 1.82) is 0 Å². The van der Waals surface area contributed by atoms with E-state index >= 15 is 0 Å². The van der Waals surface area contributed by atoms with Gasteiger partial charge in [0.25, 0.3) is 5.91 Å². The second kappa shape index (κ2) is 10.7. The van der Waals surface area contributed by atoms with Crippen LogP contribution in [0.1, 0.15) is 23.7 Å². The predicted octanol–water partition coefficient (Wildman–Crippen LogP) is 4.75. The molecule has 3 aromatic carbocycles. The summed E-state index contributed by atoms with van der Waals surface area (Å²) in [5.41, 5.74) is 1.75. The molecule has 0 heterocycles. The number of anilines is 2. The van der Waals surface area contributed by atoms with E-state index in [0.717, 1.165) is 5.75 Å². The van der Waals surface area contributed by atoms with Crippen LogP contribution in [0, 0.1) is 0 Å². The van der Waals surface area contributed by atoms with E-state index in [9.17, 15) is 9.59 Å². The summed E-state index contributed by atoms with van der Waals surface area (Å²) in [6, 6.07) is 23.5. The van der Waals surface area contributed by atoms with Gasteiger partial charge in [-0.1, -0.05) is 31.2 Å². The third-order valence-electron chi connectivity index (χ3n) is 4.21. The molecule has 6 heteroatoms. The topological polar surface area (TPSA) is 76.7 Å². The summed E-state index contributed by atoms with van der Waals surface area (Å²) in [4.78, 5) is 24.0. The zero-order valence-corrected chi connectivity index (χ0v) is 16.8. The number of carbonyl (C=O) groups excluding carboxylic acids is 2. The van der Waals surface area contributed by atoms with Crippen LogP contribution in [-0.4, -0.2) is 25.0 Å². The zero-order valence-electron chi connectivity index (χ0n) is 16.8. The molecule has 0 fully saturated rings. The number of benzene rings is 3. The maximum absolute atomic E-state index is 12.5. The van der Waals surface area contributed by atoms with Crippen molar-refractivity contribution in [3.8, 4) is 11.5 Å². The van der Waals surface area contributed by atoms with E-state index in [0.29, 0.717) is 42.3 Å². The number of rotatable bonds is 9. The molecule has 0 spiro atoms. The lowest BCUT2D eigenvalue weighted by molar-refractivity contribution is -0.115. The fraction of sp³-hybridized carbons (Fsp3) is 0.167. The van der Waals surface area contributed by atoms with E-state index in [-0.39, 0.29) is 11.8 Å². The molecule has 0 saturated carbocycles. The van der Waals surface area contributed by atoms with Crippen molar-refractivity contribution in [3.05, 3.63) is 84.4 Å². The minimum Gasteiger partial charge on any atom is -0.490 e. The maximum Gasteiger partial charge on any atom is 0.255 e. The van der Waals surface area contributed by atoms with Crippen molar-refractivity contribution in [2.24, 2.45) is 0 Å². The molecule has 0 aliphatic heterocycles. The van der Waals surface area contributed by atoms with E-state index < -0.39 is 0 Å². The summed E-state index contributed by atoms with van der Waals surface area (Å²) >= 11 is 0. The van der Waals surface area contributed by atoms with Gasteiger partial charge in [-0.3, -0.25) is 9.59 Å². The molecule has 154 valence electrons. The Balaban J connectivity index is 1.49. The van der Waals surface area contributed by atoms with Gasteiger partial charge in [0.2, 0.25) is 5.91 Å². The van der Waals surface area contributed by atoms with Crippen LogP contribution in [0.3, 0.4) is 0 Å². The van der Waals surface area contributed by atoms with Crippen LogP contribution >= 0.6 is 0 Å². The Morgan fingerprint density at radius 1 is 0.733 bits per heavy atom. The van der Waals surface area contributed by atoms with Crippen molar-refractivity contribution in [2.75, 3.05) is 23.8 Å². The van der Waals surface area contributed by atoms with E-state index in [1.54, 1.807) is 55.5 Å². The highest BCUT2D eigenvalue weighted by Crippen LogP contribution is 2.18. The van der Waals surface area contributed by atoms with Gasteiger partial charge in [0.15, 0.2) is 0 Å². The maximum atomic E-state index is 12.5. The fourth-order valence-electron chi connectivity index (χ4n) is 2.67. The summed E-state index contributed by atoms with van der Waals surface area (Å²) in [5.74, 6) is 1.13. The van der Waals surface area contributed by atoms with E-state index in [2.05, 4.69) is 10.6 Å². The second-order valence-electron chi connectivity index (χ2n) is 6.47. The summed E-state index contributed by atoms with van der Waals surface area (Å²) in [5, 5.41) is 5.60. The molecule has 0 aliphatic rings. The largest absolute Gasteiger partial charge is 0.490 e. The molecule has 0 atom stereocenters. The highest BCUT2D eigenvalue weighted by Gasteiger charge is 2.08. The fourth-order valence-corrected chi connectivity index (χ4v) is 2.67. The molecule has 0 unspecified atom stereocenters. The predicted molar refractivity (Wildman–Crippen MR) is 117 cm³/mol. The Morgan fingerprint density at radius 3 is 1.97 bits per heavy atom. The molecule has 2 N–H and O–H groups in total. The Labute approximate surface area is 175 Å². The lowest BCUT2D eigenvalue weighted by Gasteiger charge is -2.10. The molecular formula is C24H24N2O4. The van der Waals surface area contributed by atoms with Gasteiger partial charge in [0.05, 0.1) is 0 Å². The minimum atomic E-state index is -0.243. The first-order valence-corrected chi connectivity index (χ1v) is 9.76.